The number of aldehydes is 1. The number of fused-ring (bicyclic) bond motifs is 1. The van der Waals surface area contributed by atoms with Crippen molar-refractivity contribution in [3.8, 4) is 5.75 Å². The van der Waals surface area contributed by atoms with E-state index in [1.165, 1.54) is 23.5 Å². The molecule has 1 aromatic heterocycles. The van der Waals surface area contributed by atoms with E-state index in [0.29, 0.717) is 10.7 Å². The van der Waals surface area contributed by atoms with E-state index in [9.17, 15) is 4.79 Å². The molecule has 3 N–H and O–H groups in total. The molecule has 0 aliphatic carbocycles. The number of phenols is 1. The number of nitrogens with zero attached hydrogens (tertiary/aromatic N) is 1. The standard InChI is InChI=1S/C7H5BrN2S.C7H6O2/c8-4-1-2-5-6(3-4)11-7(9)10-5;8-5-6-1-3-7(9)4-2-6/h1-3H,(H2,9,10);1-5,9H. The first kappa shape index (κ1) is 14.5. The van der Waals surface area contributed by atoms with Crippen molar-refractivity contribution < 1.29 is 9.90 Å². The highest BCUT2D eigenvalue weighted by Gasteiger charge is 1.99. The van der Waals surface area contributed by atoms with Gasteiger partial charge in [-0.15, -0.1) is 0 Å². The molecule has 0 saturated carbocycles. The maximum atomic E-state index is 10.0. The highest BCUT2D eigenvalue weighted by Crippen LogP contribution is 2.26. The lowest BCUT2D eigenvalue weighted by molar-refractivity contribution is 0.112. The van der Waals surface area contributed by atoms with Crippen LogP contribution in [-0.4, -0.2) is 16.4 Å². The zero-order valence-corrected chi connectivity index (χ0v) is 12.7. The van der Waals surface area contributed by atoms with Crippen LogP contribution in [0.25, 0.3) is 10.2 Å². The van der Waals surface area contributed by atoms with E-state index in [2.05, 4.69) is 20.9 Å². The van der Waals surface area contributed by atoms with E-state index in [4.69, 9.17) is 10.8 Å². The van der Waals surface area contributed by atoms with E-state index in [1.807, 2.05) is 18.2 Å². The van der Waals surface area contributed by atoms with Gasteiger partial charge in [-0.3, -0.25) is 4.79 Å². The van der Waals surface area contributed by atoms with Crippen LogP contribution < -0.4 is 5.73 Å². The number of aromatic hydroxyl groups is 1. The fourth-order valence-electron chi connectivity index (χ4n) is 1.47. The molecule has 3 rings (SSSR count). The third-order valence-corrected chi connectivity index (χ3v) is 3.74. The van der Waals surface area contributed by atoms with E-state index >= 15 is 0 Å². The van der Waals surface area contributed by atoms with Crippen molar-refractivity contribution in [3.63, 3.8) is 0 Å². The van der Waals surface area contributed by atoms with Crippen molar-refractivity contribution >= 4 is 48.9 Å². The molecule has 3 aromatic rings. The Hall–Kier alpha value is -1.92. The molecule has 0 radical (unpaired) electrons. The smallest absolute Gasteiger partial charge is 0.181 e. The number of aromatic nitrogens is 1. The molecule has 0 bridgehead atoms. The van der Waals surface area contributed by atoms with Gasteiger partial charge in [-0.25, -0.2) is 4.98 Å². The maximum Gasteiger partial charge on any atom is 0.181 e. The number of nitrogen functional groups attached to an aromatic ring is 1. The predicted octanol–water partition coefficient (Wildman–Crippen LogP) is 3.85. The molecule has 0 aliphatic heterocycles. The molecule has 20 heavy (non-hydrogen) atoms. The molecule has 102 valence electrons. The van der Waals surface area contributed by atoms with Crippen molar-refractivity contribution in [2.45, 2.75) is 0 Å². The van der Waals surface area contributed by atoms with Crippen LogP contribution in [0.1, 0.15) is 10.4 Å². The Balaban J connectivity index is 0.000000151. The summed E-state index contributed by atoms with van der Waals surface area (Å²) in [7, 11) is 0. The van der Waals surface area contributed by atoms with Gasteiger partial charge in [-0.1, -0.05) is 27.3 Å². The molecule has 0 atom stereocenters. The average molecular weight is 351 g/mol. The normalized spacial score (nSPS) is 9.85. The summed E-state index contributed by atoms with van der Waals surface area (Å²) in [6, 6.07) is 12.0. The van der Waals surface area contributed by atoms with Crippen LogP contribution >= 0.6 is 27.3 Å². The van der Waals surface area contributed by atoms with Crippen LogP contribution in [-0.2, 0) is 0 Å². The number of halogens is 1. The lowest BCUT2D eigenvalue weighted by Gasteiger charge is -1.88. The third kappa shape index (κ3) is 3.79. The van der Waals surface area contributed by atoms with Crippen LogP contribution in [0.5, 0.6) is 5.75 Å². The first-order chi connectivity index (χ1) is 9.58. The number of thiazole rings is 1. The number of carbonyl (C=O) groups is 1. The number of benzene rings is 2. The minimum Gasteiger partial charge on any atom is -0.508 e. The number of hydrogen-bond donors (Lipinski definition) is 2. The van der Waals surface area contributed by atoms with Gasteiger partial charge in [0.25, 0.3) is 0 Å². The highest BCUT2D eigenvalue weighted by atomic mass is 79.9. The van der Waals surface area contributed by atoms with Gasteiger partial charge in [-0.2, -0.15) is 0 Å². The van der Waals surface area contributed by atoms with E-state index < -0.39 is 0 Å². The fraction of sp³-hybridized carbons (Fsp3) is 0. The largest absolute Gasteiger partial charge is 0.508 e. The molecule has 4 nitrogen and oxygen atoms in total. The Morgan fingerprint density at radius 3 is 2.55 bits per heavy atom. The van der Waals surface area contributed by atoms with Crippen LogP contribution in [0, 0.1) is 0 Å². The van der Waals surface area contributed by atoms with Crippen LogP contribution in [0.3, 0.4) is 0 Å². The van der Waals surface area contributed by atoms with Crippen molar-refractivity contribution in [1.29, 1.82) is 0 Å². The monoisotopic (exact) mass is 350 g/mol. The first-order valence-corrected chi connectivity index (χ1v) is 7.25. The summed E-state index contributed by atoms with van der Waals surface area (Å²) in [6.07, 6.45) is 0.736. The Kier molecular flexibility index (Phi) is 4.70. The number of rotatable bonds is 1. The molecule has 1 heterocycles. The quantitative estimate of drug-likeness (QED) is 0.653. The first-order valence-electron chi connectivity index (χ1n) is 5.64. The summed E-state index contributed by atoms with van der Waals surface area (Å²) in [6.45, 7) is 0. The van der Waals surface area contributed by atoms with Gasteiger partial charge in [0, 0.05) is 10.0 Å². The number of nitrogens with two attached hydrogens (primary N) is 1. The minimum atomic E-state index is 0.181. The van der Waals surface area contributed by atoms with Gasteiger partial charge >= 0.3 is 0 Å². The zero-order chi connectivity index (χ0) is 14.5. The lowest BCUT2D eigenvalue weighted by atomic mass is 10.2. The summed E-state index contributed by atoms with van der Waals surface area (Å²) in [4.78, 5) is 14.2. The topological polar surface area (TPSA) is 76.2 Å². The summed E-state index contributed by atoms with van der Waals surface area (Å²) in [5, 5.41) is 9.36. The molecule has 6 heteroatoms. The Morgan fingerprint density at radius 2 is 1.90 bits per heavy atom. The van der Waals surface area contributed by atoms with Crippen LogP contribution in [0.2, 0.25) is 0 Å². The minimum absolute atomic E-state index is 0.181. The van der Waals surface area contributed by atoms with Gasteiger partial charge in [0.05, 0.1) is 10.2 Å². The lowest BCUT2D eigenvalue weighted by Crippen LogP contribution is -1.78. The molecule has 0 amide bonds. The molecular formula is C14H11BrN2O2S. The molecule has 0 saturated heterocycles. The average Bonchev–Trinajstić information content (AvgIpc) is 2.79. The van der Waals surface area contributed by atoms with Crippen LogP contribution in [0.15, 0.2) is 46.9 Å². The highest BCUT2D eigenvalue weighted by molar-refractivity contribution is 9.10. The third-order valence-electron chi connectivity index (χ3n) is 2.40. The molecule has 0 spiro atoms. The summed E-state index contributed by atoms with van der Waals surface area (Å²) < 4.78 is 2.19. The van der Waals surface area contributed by atoms with Gasteiger partial charge in [0.15, 0.2) is 5.13 Å². The molecular weight excluding hydrogens is 340 g/mol. The molecule has 0 fully saturated rings. The van der Waals surface area contributed by atoms with Crippen molar-refractivity contribution in [2.75, 3.05) is 5.73 Å². The summed E-state index contributed by atoms with van der Waals surface area (Å²) in [5.74, 6) is 0.181. The van der Waals surface area contributed by atoms with E-state index in [0.717, 1.165) is 21.0 Å². The zero-order valence-electron chi connectivity index (χ0n) is 10.3. The summed E-state index contributed by atoms with van der Waals surface area (Å²) >= 11 is 4.88. The van der Waals surface area contributed by atoms with E-state index in [1.54, 1.807) is 12.1 Å². The fourth-order valence-corrected chi connectivity index (χ4v) is 2.76. The number of hydrogen-bond acceptors (Lipinski definition) is 5. The maximum absolute atomic E-state index is 10.0. The second kappa shape index (κ2) is 6.49. The predicted molar refractivity (Wildman–Crippen MR) is 85.2 cm³/mol. The molecule has 2 aromatic carbocycles. The van der Waals surface area contributed by atoms with Crippen molar-refractivity contribution in [2.24, 2.45) is 0 Å². The molecule has 0 unspecified atom stereocenters. The number of anilines is 1. The van der Waals surface area contributed by atoms with E-state index in [-0.39, 0.29) is 5.75 Å². The van der Waals surface area contributed by atoms with Gasteiger partial charge in [0.1, 0.15) is 12.0 Å². The van der Waals surface area contributed by atoms with Gasteiger partial charge in [-0.05, 0) is 42.5 Å². The van der Waals surface area contributed by atoms with Gasteiger partial charge < -0.3 is 10.8 Å². The Bertz CT molecular complexity index is 726. The van der Waals surface area contributed by atoms with Gasteiger partial charge in [0.2, 0.25) is 0 Å². The van der Waals surface area contributed by atoms with Crippen molar-refractivity contribution in [1.82, 2.24) is 4.98 Å². The van der Waals surface area contributed by atoms with Crippen LogP contribution in [0.4, 0.5) is 5.13 Å². The number of phenolic OH excluding ortho intramolecular Hbond substituents is 1. The summed E-state index contributed by atoms with van der Waals surface area (Å²) in [5.41, 5.74) is 7.08. The Labute approximate surface area is 128 Å². The van der Waals surface area contributed by atoms with Crippen molar-refractivity contribution in [3.05, 3.63) is 52.5 Å². The second-order valence-corrected chi connectivity index (χ2v) is 5.85. The second-order valence-electron chi connectivity index (χ2n) is 3.87. The Morgan fingerprint density at radius 1 is 1.20 bits per heavy atom. The number of carbonyl (C=O) groups excluding carboxylic acids is 1. The SMILES string of the molecule is Nc1nc2ccc(Br)cc2s1.O=Cc1ccc(O)cc1. The molecule has 0 aliphatic rings.